The van der Waals surface area contributed by atoms with Gasteiger partial charge in [-0.2, -0.15) is 0 Å². The average molecular weight is 216 g/mol. The normalized spacial score (nSPS) is 12.3. The van der Waals surface area contributed by atoms with Gasteiger partial charge in [-0.05, 0) is 18.1 Å². The van der Waals surface area contributed by atoms with Gasteiger partial charge in [-0.3, -0.25) is 4.79 Å². The molecule has 1 aromatic heterocycles. The predicted octanol–water partition coefficient (Wildman–Crippen LogP) is 1.93. The molecule has 2 rings (SSSR count). The fraction of sp³-hybridized carbons (Fsp3) is 0.167. The standard InChI is InChI=1S/C12H12N2O2/c1-8(12(13)15)9-3-2-4-10(5-9)11-6-14-16-7-11/h2-8H,1H3,(H2,13,15). The molecular weight excluding hydrogens is 204 g/mol. The Morgan fingerprint density at radius 2 is 2.25 bits per heavy atom. The van der Waals surface area contributed by atoms with Crippen LogP contribution < -0.4 is 5.73 Å². The maximum atomic E-state index is 11.1. The Kier molecular flexibility index (Phi) is 2.72. The second kappa shape index (κ2) is 4.18. The maximum absolute atomic E-state index is 11.1. The van der Waals surface area contributed by atoms with Crippen LogP contribution in [0.5, 0.6) is 0 Å². The van der Waals surface area contributed by atoms with E-state index in [-0.39, 0.29) is 11.8 Å². The summed E-state index contributed by atoms with van der Waals surface area (Å²) in [5, 5.41) is 3.64. The van der Waals surface area contributed by atoms with Crippen LogP contribution in [0.4, 0.5) is 0 Å². The number of rotatable bonds is 3. The molecule has 0 radical (unpaired) electrons. The minimum absolute atomic E-state index is 0.292. The average Bonchev–Trinajstić information content (AvgIpc) is 2.81. The van der Waals surface area contributed by atoms with Crippen molar-refractivity contribution in [1.82, 2.24) is 5.16 Å². The summed E-state index contributed by atoms with van der Waals surface area (Å²) < 4.78 is 4.78. The van der Waals surface area contributed by atoms with E-state index in [9.17, 15) is 4.79 Å². The summed E-state index contributed by atoms with van der Waals surface area (Å²) in [7, 11) is 0. The van der Waals surface area contributed by atoms with Gasteiger partial charge in [0.2, 0.25) is 5.91 Å². The van der Waals surface area contributed by atoms with Crippen LogP contribution >= 0.6 is 0 Å². The third-order valence-electron chi connectivity index (χ3n) is 2.58. The summed E-state index contributed by atoms with van der Waals surface area (Å²) in [5.41, 5.74) is 8.01. The van der Waals surface area contributed by atoms with Crippen molar-refractivity contribution < 1.29 is 9.32 Å². The quantitative estimate of drug-likeness (QED) is 0.852. The van der Waals surface area contributed by atoms with Crippen molar-refractivity contribution in [2.45, 2.75) is 12.8 Å². The van der Waals surface area contributed by atoms with Crippen molar-refractivity contribution in [3.63, 3.8) is 0 Å². The molecule has 1 amide bonds. The molecule has 0 spiro atoms. The third-order valence-corrected chi connectivity index (χ3v) is 2.58. The summed E-state index contributed by atoms with van der Waals surface area (Å²) >= 11 is 0. The van der Waals surface area contributed by atoms with Gasteiger partial charge in [0.1, 0.15) is 6.26 Å². The lowest BCUT2D eigenvalue weighted by Gasteiger charge is -2.08. The zero-order valence-electron chi connectivity index (χ0n) is 8.88. The van der Waals surface area contributed by atoms with Crippen molar-refractivity contribution in [3.05, 3.63) is 42.3 Å². The van der Waals surface area contributed by atoms with Crippen LogP contribution in [-0.2, 0) is 4.79 Å². The summed E-state index contributed by atoms with van der Waals surface area (Å²) in [6.45, 7) is 1.79. The Morgan fingerprint density at radius 3 is 2.88 bits per heavy atom. The highest BCUT2D eigenvalue weighted by Gasteiger charge is 2.12. The summed E-state index contributed by atoms with van der Waals surface area (Å²) in [5.74, 6) is -0.623. The molecule has 4 nitrogen and oxygen atoms in total. The Labute approximate surface area is 93.1 Å². The van der Waals surface area contributed by atoms with E-state index in [4.69, 9.17) is 10.3 Å². The largest absolute Gasteiger partial charge is 0.369 e. The van der Waals surface area contributed by atoms with Crippen LogP contribution in [0.25, 0.3) is 11.1 Å². The fourth-order valence-corrected chi connectivity index (χ4v) is 1.50. The van der Waals surface area contributed by atoms with Crippen LogP contribution in [0, 0.1) is 0 Å². The van der Waals surface area contributed by atoms with Crippen LogP contribution in [0.2, 0.25) is 0 Å². The van der Waals surface area contributed by atoms with E-state index < -0.39 is 0 Å². The van der Waals surface area contributed by atoms with Gasteiger partial charge in [-0.15, -0.1) is 0 Å². The Hall–Kier alpha value is -2.10. The number of carbonyl (C=O) groups is 1. The Balaban J connectivity index is 2.37. The molecule has 2 N–H and O–H groups in total. The van der Waals surface area contributed by atoms with Crippen LogP contribution in [0.3, 0.4) is 0 Å². The highest BCUT2D eigenvalue weighted by molar-refractivity contribution is 5.82. The molecule has 1 aromatic carbocycles. The van der Waals surface area contributed by atoms with Crippen LogP contribution in [-0.4, -0.2) is 11.1 Å². The van der Waals surface area contributed by atoms with Crippen LogP contribution in [0.1, 0.15) is 18.4 Å². The number of amides is 1. The minimum atomic E-state index is -0.331. The van der Waals surface area contributed by atoms with E-state index in [1.807, 2.05) is 24.3 Å². The molecule has 0 aliphatic heterocycles. The van der Waals surface area contributed by atoms with Gasteiger partial charge in [0.05, 0.1) is 12.1 Å². The van der Waals surface area contributed by atoms with Gasteiger partial charge >= 0.3 is 0 Å². The molecule has 0 saturated heterocycles. The molecule has 0 bridgehead atoms. The molecule has 0 fully saturated rings. The first kappa shape index (κ1) is 10.4. The Bertz CT molecular complexity index is 491. The van der Waals surface area contributed by atoms with Crippen molar-refractivity contribution in [1.29, 1.82) is 0 Å². The monoisotopic (exact) mass is 216 g/mol. The lowest BCUT2D eigenvalue weighted by atomic mass is 9.97. The molecular formula is C12H12N2O2. The number of primary amides is 1. The number of nitrogens with two attached hydrogens (primary N) is 1. The first-order valence-electron chi connectivity index (χ1n) is 4.97. The third kappa shape index (κ3) is 1.95. The van der Waals surface area contributed by atoms with Crippen molar-refractivity contribution in [3.8, 4) is 11.1 Å². The number of carbonyl (C=O) groups excluding carboxylic acids is 1. The first-order chi connectivity index (χ1) is 7.68. The lowest BCUT2D eigenvalue weighted by molar-refractivity contribution is -0.119. The van der Waals surface area contributed by atoms with Gasteiger partial charge in [0, 0.05) is 5.56 Å². The van der Waals surface area contributed by atoms with Crippen molar-refractivity contribution in [2.75, 3.05) is 0 Å². The minimum Gasteiger partial charge on any atom is -0.369 e. The van der Waals surface area contributed by atoms with Gasteiger partial charge in [-0.1, -0.05) is 29.4 Å². The molecule has 2 aromatic rings. The molecule has 0 saturated carbocycles. The number of hydrogen-bond donors (Lipinski definition) is 1. The first-order valence-corrected chi connectivity index (χ1v) is 4.97. The smallest absolute Gasteiger partial charge is 0.224 e. The molecule has 1 atom stereocenters. The summed E-state index contributed by atoms with van der Waals surface area (Å²) in [4.78, 5) is 11.1. The second-order valence-electron chi connectivity index (χ2n) is 3.66. The van der Waals surface area contributed by atoms with E-state index in [0.29, 0.717) is 0 Å². The zero-order chi connectivity index (χ0) is 11.5. The molecule has 16 heavy (non-hydrogen) atoms. The number of aromatic nitrogens is 1. The predicted molar refractivity (Wildman–Crippen MR) is 59.5 cm³/mol. The Morgan fingerprint density at radius 1 is 1.44 bits per heavy atom. The van der Waals surface area contributed by atoms with Gasteiger partial charge in [0.25, 0.3) is 0 Å². The second-order valence-corrected chi connectivity index (χ2v) is 3.66. The molecule has 82 valence electrons. The SMILES string of the molecule is CC(C(N)=O)c1cccc(-c2cnoc2)c1. The number of nitrogens with zero attached hydrogens (tertiary/aromatic N) is 1. The summed E-state index contributed by atoms with van der Waals surface area (Å²) in [6.07, 6.45) is 3.20. The lowest BCUT2D eigenvalue weighted by Crippen LogP contribution is -2.18. The molecule has 0 aliphatic rings. The van der Waals surface area contributed by atoms with E-state index in [1.54, 1.807) is 19.4 Å². The number of hydrogen-bond acceptors (Lipinski definition) is 3. The highest BCUT2D eigenvalue weighted by atomic mass is 16.5. The van der Waals surface area contributed by atoms with E-state index in [2.05, 4.69) is 5.16 Å². The van der Waals surface area contributed by atoms with Crippen molar-refractivity contribution >= 4 is 5.91 Å². The van der Waals surface area contributed by atoms with E-state index in [1.165, 1.54) is 0 Å². The van der Waals surface area contributed by atoms with Crippen molar-refractivity contribution in [2.24, 2.45) is 5.73 Å². The molecule has 1 unspecified atom stereocenters. The van der Waals surface area contributed by atoms with Gasteiger partial charge in [-0.25, -0.2) is 0 Å². The van der Waals surface area contributed by atoms with Crippen LogP contribution in [0.15, 0.2) is 41.2 Å². The van der Waals surface area contributed by atoms with Gasteiger partial charge in [0.15, 0.2) is 0 Å². The highest BCUT2D eigenvalue weighted by Crippen LogP contribution is 2.23. The topological polar surface area (TPSA) is 69.1 Å². The number of benzene rings is 1. The summed E-state index contributed by atoms with van der Waals surface area (Å²) in [6, 6.07) is 7.62. The molecule has 0 aliphatic carbocycles. The molecule has 1 heterocycles. The van der Waals surface area contributed by atoms with E-state index >= 15 is 0 Å². The zero-order valence-corrected chi connectivity index (χ0v) is 8.88. The van der Waals surface area contributed by atoms with E-state index in [0.717, 1.165) is 16.7 Å². The fourth-order valence-electron chi connectivity index (χ4n) is 1.50. The maximum Gasteiger partial charge on any atom is 0.224 e. The van der Waals surface area contributed by atoms with Gasteiger partial charge < -0.3 is 10.3 Å². The molecule has 4 heteroatoms.